The maximum atomic E-state index is 9.31. The van der Waals surface area contributed by atoms with Crippen molar-refractivity contribution in [1.82, 2.24) is 5.32 Å². The average Bonchev–Trinajstić information content (AvgIpc) is 2.48. The molecule has 2 aliphatic rings. The first-order valence-corrected chi connectivity index (χ1v) is 4.72. The first kappa shape index (κ1) is 7.56. The van der Waals surface area contributed by atoms with Crippen molar-refractivity contribution in [1.29, 1.82) is 0 Å². The van der Waals surface area contributed by atoms with Crippen LogP contribution in [0.1, 0.15) is 32.1 Å². The Morgan fingerprint density at radius 2 is 2.18 bits per heavy atom. The number of nitrogens with one attached hydrogen (secondary N) is 1. The van der Waals surface area contributed by atoms with Crippen molar-refractivity contribution in [2.75, 3.05) is 13.2 Å². The van der Waals surface area contributed by atoms with Gasteiger partial charge in [-0.3, -0.25) is 0 Å². The Hall–Kier alpha value is -0.0800. The van der Waals surface area contributed by atoms with Gasteiger partial charge in [-0.2, -0.15) is 0 Å². The van der Waals surface area contributed by atoms with Gasteiger partial charge in [-0.25, -0.2) is 0 Å². The van der Waals surface area contributed by atoms with Gasteiger partial charge in [0.15, 0.2) is 0 Å². The molecule has 0 aromatic rings. The molecule has 2 rings (SSSR count). The number of rotatable bonds is 1. The van der Waals surface area contributed by atoms with Crippen LogP contribution >= 0.6 is 0 Å². The summed E-state index contributed by atoms with van der Waals surface area (Å²) in [4.78, 5) is 0. The lowest BCUT2D eigenvalue weighted by Crippen LogP contribution is -2.48. The van der Waals surface area contributed by atoms with E-state index in [4.69, 9.17) is 0 Å². The SMILES string of the molecule is OC[C@@]12CCCN[C@@H]1CCC2. The molecule has 0 spiro atoms. The molecule has 0 aromatic heterocycles. The van der Waals surface area contributed by atoms with E-state index in [-0.39, 0.29) is 5.41 Å². The van der Waals surface area contributed by atoms with Crippen molar-refractivity contribution in [3.05, 3.63) is 0 Å². The molecule has 0 amide bonds. The zero-order valence-corrected chi connectivity index (χ0v) is 6.97. The lowest BCUT2D eigenvalue weighted by molar-refractivity contribution is 0.0717. The minimum Gasteiger partial charge on any atom is -0.396 e. The Balaban J connectivity index is 2.12. The molecule has 1 aliphatic heterocycles. The van der Waals surface area contributed by atoms with Gasteiger partial charge in [0, 0.05) is 11.5 Å². The molecule has 2 fully saturated rings. The summed E-state index contributed by atoms with van der Waals surface area (Å²) in [6, 6.07) is 0.626. The van der Waals surface area contributed by atoms with E-state index >= 15 is 0 Å². The van der Waals surface area contributed by atoms with Crippen LogP contribution in [0.2, 0.25) is 0 Å². The molecule has 0 unspecified atom stereocenters. The number of fused-ring (bicyclic) bond motifs is 1. The van der Waals surface area contributed by atoms with Crippen molar-refractivity contribution < 1.29 is 5.11 Å². The maximum absolute atomic E-state index is 9.31. The minimum absolute atomic E-state index is 0.276. The average molecular weight is 155 g/mol. The van der Waals surface area contributed by atoms with Gasteiger partial charge in [0.25, 0.3) is 0 Å². The van der Waals surface area contributed by atoms with Crippen LogP contribution in [-0.2, 0) is 0 Å². The second kappa shape index (κ2) is 2.76. The van der Waals surface area contributed by atoms with Crippen molar-refractivity contribution in [2.24, 2.45) is 5.41 Å². The largest absolute Gasteiger partial charge is 0.396 e. The van der Waals surface area contributed by atoms with Gasteiger partial charge in [0.1, 0.15) is 0 Å². The molecule has 2 N–H and O–H groups in total. The zero-order chi connectivity index (χ0) is 7.73. The Bertz CT molecular complexity index is 148. The van der Waals surface area contributed by atoms with Gasteiger partial charge in [-0.15, -0.1) is 0 Å². The van der Waals surface area contributed by atoms with E-state index in [1.165, 1.54) is 32.1 Å². The molecular weight excluding hydrogens is 138 g/mol. The molecule has 1 saturated heterocycles. The highest BCUT2D eigenvalue weighted by molar-refractivity contribution is 4.98. The van der Waals surface area contributed by atoms with Crippen molar-refractivity contribution in [3.8, 4) is 0 Å². The van der Waals surface area contributed by atoms with Crippen molar-refractivity contribution in [3.63, 3.8) is 0 Å². The van der Waals surface area contributed by atoms with Crippen LogP contribution in [-0.4, -0.2) is 24.3 Å². The van der Waals surface area contributed by atoms with Crippen LogP contribution in [0.3, 0.4) is 0 Å². The summed E-state index contributed by atoms with van der Waals surface area (Å²) in [6.45, 7) is 1.55. The van der Waals surface area contributed by atoms with Crippen molar-refractivity contribution >= 4 is 0 Å². The first-order valence-electron chi connectivity index (χ1n) is 4.72. The molecule has 0 aromatic carbocycles. The summed E-state index contributed by atoms with van der Waals surface area (Å²) in [5.41, 5.74) is 0.276. The highest BCUT2D eigenvalue weighted by atomic mass is 16.3. The van der Waals surface area contributed by atoms with Gasteiger partial charge in [-0.05, 0) is 32.2 Å². The van der Waals surface area contributed by atoms with Gasteiger partial charge in [-0.1, -0.05) is 6.42 Å². The first-order chi connectivity index (χ1) is 5.37. The number of hydrogen-bond donors (Lipinski definition) is 2. The fraction of sp³-hybridized carbons (Fsp3) is 1.00. The predicted octanol–water partition coefficient (Wildman–Crippen LogP) is 0.901. The molecule has 1 saturated carbocycles. The Morgan fingerprint density at radius 3 is 2.91 bits per heavy atom. The van der Waals surface area contributed by atoms with Gasteiger partial charge >= 0.3 is 0 Å². The molecule has 11 heavy (non-hydrogen) atoms. The second-order valence-corrected chi connectivity index (χ2v) is 4.02. The normalized spacial score (nSPS) is 43.9. The van der Waals surface area contributed by atoms with E-state index in [0.29, 0.717) is 12.6 Å². The summed E-state index contributed by atoms with van der Waals surface area (Å²) >= 11 is 0. The Kier molecular flexibility index (Phi) is 1.90. The number of piperidine rings is 1. The fourth-order valence-electron chi connectivity index (χ4n) is 2.74. The summed E-state index contributed by atoms with van der Waals surface area (Å²) in [7, 11) is 0. The second-order valence-electron chi connectivity index (χ2n) is 4.02. The summed E-state index contributed by atoms with van der Waals surface area (Å²) in [5.74, 6) is 0. The molecule has 0 radical (unpaired) electrons. The molecule has 2 nitrogen and oxygen atoms in total. The molecule has 0 bridgehead atoms. The van der Waals surface area contributed by atoms with Crippen LogP contribution in [0, 0.1) is 5.41 Å². The highest BCUT2D eigenvalue weighted by Crippen LogP contribution is 2.43. The van der Waals surface area contributed by atoms with Gasteiger partial charge in [0.2, 0.25) is 0 Å². The summed E-state index contributed by atoms with van der Waals surface area (Å²) in [5, 5.41) is 12.8. The van der Waals surface area contributed by atoms with Crippen LogP contribution in [0.5, 0.6) is 0 Å². The monoisotopic (exact) mass is 155 g/mol. The highest BCUT2D eigenvalue weighted by Gasteiger charge is 2.43. The number of hydrogen-bond acceptors (Lipinski definition) is 2. The number of aliphatic hydroxyl groups is 1. The van der Waals surface area contributed by atoms with E-state index in [9.17, 15) is 5.11 Å². The third kappa shape index (κ3) is 1.09. The van der Waals surface area contributed by atoms with E-state index in [0.717, 1.165) is 6.54 Å². The lowest BCUT2D eigenvalue weighted by atomic mass is 9.77. The predicted molar refractivity (Wildman–Crippen MR) is 44.4 cm³/mol. The third-order valence-corrected chi connectivity index (χ3v) is 3.46. The Morgan fingerprint density at radius 1 is 1.36 bits per heavy atom. The van der Waals surface area contributed by atoms with Crippen molar-refractivity contribution in [2.45, 2.75) is 38.1 Å². The van der Waals surface area contributed by atoms with E-state index in [2.05, 4.69) is 5.32 Å². The third-order valence-electron chi connectivity index (χ3n) is 3.46. The Labute approximate surface area is 68.0 Å². The van der Waals surface area contributed by atoms with Gasteiger partial charge < -0.3 is 10.4 Å². The van der Waals surface area contributed by atoms with E-state index in [1.807, 2.05) is 0 Å². The van der Waals surface area contributed by atoms with Crippen LogP contribution < -0.4 is 5.32 Å². The topological polar surface area (TPSA) is 32.3 Å². The molecular formula is C9H17NO. The fourth-order valence-corrected chi connectivity index (χ4v) is 2.74. The minimum atomic E-state index is 0.276. The quantitative estimate of drug-likeness (QED) is 0.589. The van der Waals surface area contributed by atoms with Crippen LogP contribution in [0.15, 0.2) is 0 Å². The van der Waals surface area contributed by atoms with E-state index < -0.39 is 0 Å². The zero-order valence-electron chi connectivity index (χ0n) is 6.97. The van der Waals surface area contributed by atoms with Gasteiger partial charge in [0.05, 0.1) is 6.61 Å². The van der Waals surface area contributed by atoms with Crippen LogP contribution in [0.25, 0.3) is 0 Å². The molecule has 1 heterocycles. The standard InChI is InChI=1S/C9H17NO/c11-7-9-4-1-3-8(9)10-6-2-5-9/h8,10-11H,1-7H2/t8-,9-/m1/s1. The van der Waals surface area contributed by atoms with E-state index in [1.54, 1.807) is 0 Å². The smallest absolute Gasteiger partial charge is 0.0502 e. The lowest BCUT2D eigenvalue weighted by Gasteiger charge is -2.38. The number of aliphatic hydroxyl groups excluding tert-OH is 1. The molecule has 2 atom stereocenters. The molecule has 64 valence electrons. The summed E-state index contributed by atoms with van der Waals surface area (Å²) < 4.78 is 0. The van der Waals surface area contributed by atoms with Crippen LogP contribution in [0.4, 0.5) is 0 Å². The maximum Gasteiger partial charge on any atom is 0.0502 e. The molecule has 2 heteroatoms. The summed E-state index contributed by atoms with van der Waals surface area (Å²) in [6.07, 6.45) is 6.30. The molecule has 1 aliphatic carbocycles.